The predicted molar refractivity (Wildman–Crippen MR) is 67.6 cm³/mol. The van der Waals surface area contributed by atoms with E-state index in [2.05, 4.69) is 42.2 Å². The number of likely N-dealkylation sites (tertiary alicyclic amines) is 1. The van der Waals surface area contributed by atoms with Crippen molar-refractivity contribution >= 4 is 0 Å². The zero-order valence-corrected chi connectivity index (χ0v) is 10.1. The molecule has 3 atom stereocenters. The Morgan fingerprint density at radius 3 is 2.69 bits per heavy atom. The highest BCUT2D eigenvalue weighted by Gasteiger charge is 2.44. The van der Waals surface area contributed by atoms with E-state index in [0.717, 1.165) is 18.0 Å². The van der Waals surface area contributed by atoms with Gasteiger partial charge in [0.1, 0.15) is 0 Å². The average Bonchev–Trinajstić information content (AvgIpc) is 3.11. The van der Waals surface area contributed by atoms with Crippen molar-refractivity contribution in [2.75, 3.05) is 6.54 Å². The lowest BCUT2D eigenvalue weighted by molar-refractivity contribution is 0.149. The van der Waals surface area contributed by atoms with Crippen molar-refractivity contribution in [3.8, 4) is 0 Å². The topological polar surface area (TPSA) is 3.24 Å². The van der Waals surface area contributed by atoms with E-state index in [1.165, 1.54) is 32.2 Å². The minimum Gasteiger partial charge on any atom is -0.297 e. The Morgan fingerprint density at radius 1 is 1.12 bits per heavy atom. The van der Waals surface area contributed by atoms with Gasteiger partial charge in [-0.15, -0.1) is 0 Å². The van der Waals surface area contributed by atoms with Crippen molar-refractivity contribution in [3.63, 3.8) is 0 Å². The van der Waals surface area contributed by atoms with E-state index in [1.54, 1.807) is 5.56 Å². The summed E-state index contributed by atoms with van der Waals surface area (Å²) in [7, 11) is 0. The van der Waals surface area contributed by atoms with Crippen LogP contribution in [0, 0.1) is 0 Å². The molecule has 0 spiro atoms. The van der Waals surface area contributed by atoms with Gasteiger partial charge in [0.05, 0.1) is 0 Å². The van der Waals surface area contributed by atoms with Gasteiger partial charge in [-0.3, -0.25) is 4.90 Å². The van der Waals surface area contributed by atoms with E-state index in [1.807, 2.05) is 0 Å². The van der Waals surface area contributed by atoms with E-state index < -0.39 is 0 Å². The summed E-state index contributed by atoms with van der Waals surface area (Å²) in [6.07, 6.45) is 5.62. The minimum atomic E-state index is 0.812. The first-order chi connectivity index (χ1) is 7.86. The number of nitrogens with zero attached hydrogens (tertiary/aromatic N) is 1. The molecule has 1 aliphatic heterocycles. The van der Waals surface area contributed by atoms with Crippen LogP contribution in [0.25, 0.3) is 0 Å². The molecule has 1 aromatic rings. The van der Waals surface area contributed by atoms with Gasteiger partial charge in [0.15, 0.2) is 0 Å². The summed E-state index contributed by atoms with van der Waals surface area (Å²) in [6, 6.07) is 12.7. The van der Waals surface area contributed by atoms with Gasteiger partial charge in [0.25, 0.3) is 0 Å². The molecule has 0 amide bonds. The third kappa shape index (κ3) is 1.89. The standard InChI is InChI=1S/C15H21N/c1-12-7-5-6-10-16(12)15-11-14(15)13-8-3-2-4-9-13/h2-4,8-9,12,14-15H,5-7,10-11H2,1H3. The van der Waals surface area contributed by atoms with Crippen LogP contribution in [0.5, 0.6) is 0 Å². The van der Waals surface area contributed by atoms with Crippen molar-refractivity contribution in [1.29, 1.82) is 0 Å². The van der Waals surface area contributed by atoms with E-state index in [-0.39, 0.29) is 0 Å². The highest BCUT2D eigenvalue weighted by atomic mass is 15.2. The molecule has 0 aromatic heterocycles. The Hall–Kier alpha value is -0.820. The summed E-state index contributed by atoms with van der Waals surface area (Å²) < 4.78 is 0. The molecule has 0 bridgehead atoms. The number of hydrogen-bond donors (Lipinski definition) is 0. The van der Waals surface area contributed by atoms with Crippen molar-refractivity contribution in [1.82, 2.24) is 4.90 Å². The molecule has 0 N–H and O–H groups in total. The number of rotatable bonds is 2. The van der Waals surface area contributed by atoms with E-state index in [9.17, 15) is 0 Å². The molecule has 1 heterocycles. The fourth-order valence-electron chi connectivity index (χ4n) is 3.22. The zero-order chi connectivity index (χ0) is 11.0. The van der Waals surface area contributed by atoms with Gasteiger partial charge in [-0.2, -0.15) is 0 Å². The summed E-state index contributed by atoms with van der Waals surface area (Å²) in [5, 5.41) is 0. The third-order valence-electron chi connectivity index (χ3n) is 4.26. The normalized spacial score (nSPS) is 34.9. The molecule has 1 aliphatic carbocycles. The van der Waals surface area contributed by atoms with E-state index in [4.69, 9.17) is 0 Å². The van der Waals surface area contributed by atoms with Crippen LogP contribution in [0.2, 0.25) is 0 Å². The van der Waals surface area contributed by atoms with Crippen LogP contribution < -0.4 is 0 Å². The minimum absolute atomic E-state index is 0.812. The zero-order valence-electron chi connectivity index (χ0n) is 10.1. The van der Waals surface area contributed by atoms with Gasteiger partial charge in [0.2, 0.25) is 0 Å². The van der Waals surface area contributed by atoms with Gasteiger partial charge in [0, 0.05) is 18.0 Å². The Labute approximate surface area is 98.5 Å². The second kappa shape index (κ2) is 4.21. The van der Waals surface area contributed by atoms with Gasteiger partial charge < -0.3 is 0 Å². The van der Waals surface area contributed by atoms with Gasteiger partial charge in [-0.05, 0) is 38.3 Å². The number of benzene rings is 1. The molecule has 1 saturated carbocycles. The maximum atomic E-state index is 2.75. The Bertz CT molecular complexity index is 346. The lowest BCUT2D eigenvalue weighted by Crippen LogP contribution is -2.39. The number of piperidine rings is 1. The van der Waals surface area contributed by atoms with Crippen LogP contribution >= 0.6 is 0 Å². The second-order valence-electron chi connectivity index (χ2n) is 5.40. The highest BCUT2D eigenvalue weighted by Crippen LogP contribution is 2.46. The molecule has 1 aromatic carbocycles. The first-order valence-electron chi connectivity index (χ1n) is 6.67. The summed E-state index contributed by atoms with van der Waals surface area (Å²) in [5.41, 5.74) is 1.55. The molecule has 1 heteroatoms. The van der Waals surface area contributed by atoms with Crippen LogP contribution in [0.1, 0.15) is 44.1 Å². The van der Waals surface area contributed by atoms with Crippen LogP contribution in [0.4, 0.5) is 0 Å². The SMILES string of the molecule is CC1CCCCN1C1CC1c1ccccc1. The lowest BCUT2D eigenvalue weighted by atomic mass is 10.0. The molecule has 1 nitrogen and oxygen atoms in total. The molecule has 3 unspecified atom stereocenters. The summed E-state index contributed by atoms with van der Waals surface area (Å²) >= 11 is 0. The third-order valence-corrected chi connectivity index (χ3v) is 4.26. The molecule has 2 fully saturated rings. The molecule has 2 aliphatic rings. The fourth-order valence-corrected chi connectivity index (χ4v) is 3.22. The number of hydrogen-bond acceptors (Lipinski definition) is 1. The lowest BCUT2D eigenvalue weighted by Gasteiger charge is -2.33. The molecular weight excluding hydrogens is 194 g/mol. The van der Waals surface area contributed by atoms with Crippen molar-refractivity contribution < 1.29 is 0 Å². The molecule has 86 valence electrons. The molecule has 3 rings (SSSR count). The van der Waals surface area contributed by atoms with Crippen LogP contribution in [0.15, 0.2) is 30.3 Å². The molecular formula is C15H21N. The van der Waals surface area contributed by atoms with Gasteiger partial charge in [-0.25, -0.2) is 0 Å². The van der Waals surface area contributed by atoms with E-state index >= 15 is 0 Å². The Kier molecular flexibility index (Phi) is 2.72. The monoisotopic (exact) mass is 215 g/mol. The maximum absolute atomic E-state index is 2.75. The van der Waals surface area contributed by atoms with E-state index in [0.29, 0.717) is 0 Å². The largest absolute Gasteiger partial charge is 0.297 e. The van der Waals surface area contributed by atoms with Crippen molar-refractivity contribution in [2.45, 2.75) is 50.6 Å². The Morgan fingerprint density at radius 2 is 1.94 bits per heavy atom. The van der Waals surface area contributed by atoms with Crippen molar-refractivity contribution in [3.05, 3.63) is 35.9 Å². The Balaban J connectivity index is 1.67. The first-order valence-corrected chi connectivity index (χ1v) is 6.67. The van der Waals surface area contributed by atoms with Gasteiger partial charge >= 0.3 is 0 Å². The summed E-state index contributed by atoms with van der Waals surface area (Å²) in [5.74, 6) is 0.821. The fraction of sp³-hybridized carbons (Fsp3) is 0.600. The summed E-state index contributed by atoms with van der Waals surface area (Å²) in [4.78, 5) is 2.75. The highest BCUT2D eigenvalue weighted by molar-refractivity contribution is 5.28. The molecule has 16 heavy (non-hydrogen) atoms. The van der Waals surface area contributed by atoms with Crippen LogP contribution in [-0.2, 0) is 0 Å². The first kappa shape index (κ1) is 10.3. The second-order valence-corrected chi connectivity index (χ2v) is 5.40. The van der Waals surface area contributed by atoms with Gasteiger partial charge in [-0.1, -0.05) is 36.8 Å². The smallest absolute Gasteiger partial charge is 0.0174 e. The quantitative estimate of drug-likeness (QED) is 0.730. The van der Waals surface area contributed by atoms with Crippen LogP contribution in [0.3, 0.4) is 0 Å². The van der Waals surface area contributed by atoms with Crippen LogP contribution in [-0.4, -0.2) is 23.5 Å². The predicted octanol–water partition coefficient (Wildman–Crippen LogP) is 3.42. The molecule has 1 saturated heterocycles. The average molecular weight is 215 g/mol. The molecule has 0 radical (unpaired) electrons. The summed E-state index contributed by atoms with van der Waals surface area (Å²) in [6.45, 7) is 3.73. The van der Waals surface area contributed by atoms with Crippen molar-refractivity contribution in [2.24, 2.45) is 0 Å². The maximum Gasteiger partial charge on any atom is 0.0174 e.